The Kier molecular flexibility index (Phi) is 8.36. The van der Waals surface area contributed by atoms with Gasteiger partial charge in [-0.2, -0.15) is 0 Å². The maximum atomic E-state index is 5.19. The summed E-state index contributed by atoms with van der Waals surface area (Å²) < 4.78 is 0. The van der Waals surface area contributed by atoms with Crippen molar-refractivity contribution in [3.8, 4) is 12.3 Å². The average molecular weight is 224 g/mol. The molecule has 0 amide bonds. The van der Waals surface area contributed by atoms with Gasteiger partial charge in [-0.05, 0) is 27.8 Å². The first kappa shape index (κ1) is 14.8. The Morgan fingerprint density at radius 2 is 2.12 bits per heavy atom. The number of nitrogens with one attached hydrogen (secondary N) is 2. The van der Waals surface area contributed by atoms with Crippen molar-refractivity contribution in [1.82, 2.24) is 15.5 Å². The molecule has 0 spiro atoms. The molecule has 0 rings (SSSR count). The van der Waals surface area contributed by atoms with Crippen LogP contribution in [0.3, 0.4) is 0 Å². The molecule has 0 radical (unpaired) electrons. The monoisotopic (exact) mass is 224 g/mol. The molecule has 0 unspecified atom stereocenters. The van der Waals surface area contributed by atoms with Gasteiger partial charge >= 0.3 is 0 Å². The van der Waals surface area contributed by atoms with Crippen molar-refractivity contribution in [3.63, 3.8) is 0 Å². The molecule has 0 atom stereocenters. The highest BCUT2D eigenvalue weighted by atomic mass is 15.2. The summed E-state index contributed by atoms with van der Waals surface area (Å²) in [5, 5.41) is 6.20. The highest BCUT2D eigenvalue weighted by Crippen LogP contribution is 1.91. The van der Waals surface area contributed by atoms with Crippen LogP contribution >= 0.6 is 0 Å². The summed E-state index contributed by atoms with van der Waals surface area (Å²) in [6.07, 6.45) is 5.19. The Balaban J connectivity index is 3.98. The molecule has 0 aliphatic heterocycles. The van der Waals surface area contributed by atoms with Crippen LogP contribution in [0.5, 0.6) is 0 Å². The van der Waals surface area contributed by atoms with Gasteiger partial charge in [-0.15, -0.1) is 6.42 Å². The van der Waals surface area contributed by atoms with Crippen LogP contribution in [0.15, 0.2) is 4.99 Å². The van der Waals surface area contributed by atoms with E-state index in [1.54, 1.807) is 0 Å². The van der Waals surface area contributed by atoms with Crippen LogP contribution in [-0.4, -0.2) is 50.1 Å². The molecule has 0 saturated carbocycles. The third-order valence-electron chi connectivity index (χ3n) is 2.31. The summed E-state index contributed by atoms with van der Waals surface area (Å²) in [4.78, 5) is 6.69. The lowest BCUT2D eigenvalue weighted by molar-refractivity contribution is 0.282. The van der Waals surface area contributed by atoms with Gasteiger partial charge in [-0.3, -0.25) is 4.99 Å². The van der Waals surface area contributed by atoms with E-state index in [4.69, 9.17) is 6.42 Å². The normalized spacial score (nSPS) is 11.7. The minimum Gasteiger partial charge on any atom is -0.357 e. The van der Waals surface area contributed by atoms with E-state index in [1.807, 2.05) is 6.92 Å². The molecular formula is C12H24N4. The number of terminal acetylenes is 1. The summed E-state index contributed by atoms with van der Waals surface area (Å²) in [7, 11) is 2.10. The summed E-state index contributed by atoms with van der Waals surface area (Å²) in [6, 6.07) is 0.552. The van der Waals surface area contributed by atoms with E-state index in [9.17, 15) is 0 Å². The van der Waals surface area contributed by atoms with Crippen molar-refractivity contribution in [2.45, 2.75) is 26.8 Å². The van der Waals surface area contributed by atoms with Crippen molar-refractivity contribution < 1.29 is 0 Å². The Morgan fingerprint density at radius 1 is 1.44 bits per heavy atom. The van der Waals surface area contributed by atoms with Crippen molar-refractivity contribution in [1.29, 1.82) is 0 Å². The Labute approximate surface area is 99.5 Å². The molecule has 4 heteroatoms. The quantitative estimate of drug-likeness (QED) is 0.392. The first-order chi connectivity index (χ1) is 7.61. The highest BCUT2D eigenvalue weighted by Gasteiger charge is 2.01. The first-order valence-electron chi connectivity index (χ1n) is 5.77. The second-order valence-corrected chi connectivity index (χ2v) is 3.89. The Hall–Kier alpha value is -1.21. The van der Waals surface area contributed by atoms with Crippen LogP contribution < -0.4 is 10.6 Å². The second-order valence-electron chi connectivity index (χ2n) is 3.89. The third-order valence-corrected chi connectivity index (χ3v) is 2.31. The third kappa shape index (κ3) is 7.13. The topological polar surface area (TPSA) is 39.7 Å². The fraction of sp³-hybridized carbons (Fsp3) is 0.750. The van der Waals surface area contributed by atoms with E-state index in [2.05, 4.69) is 47.3 Å². The van der Waals surface area contributed by atoms with E-state index < -0.39 is 0 Å². The molecule has 0 aromatic carbocycles. The predicted octanol–water partition coefficient (Wildman–Crippen LogP) is 0.515. The zero-order valence-corrected chi connectivity index (χ0v) is 10.9. The zero-order chi connectivity index (χ0) is 12.4. The molecule has 0 aromatic heterocycles. The molecule has 16 heavy (non-hydrogen) atoms. The van der Waals surface area contributed by atoms with Gasteiger partial charge in [-0.1, -0.05) is 5.92 Å². The Bertz CT molecular complexity index is 240. The number of nitrogens with zero attached hydrogens (tertiary/aromatic N) is 2. The van der Waals surface area contributed by atoms with Gasteiger partial charge in [0.25, 0.3) is 0 Å². The van der Waals surface area contributed by atoms with Gasteiger partial charge in [0, 0.05) is 19.1 Å². The molecule has 0 aliphatic rings. The van der Waals surface area contributed by atoms with Crippen LogP contribution in [-0.2, 0) is 0 Å². The van der Waals surface area contributed by atoms with Crippen LogP contribution in [0, 0.1) is 12.3 Å². The zero-order valence-electron chi connectivity index (χ0n) is 10.9. The molecule has 0 aromatic rings. The number of rotatable bonds is 6. The van der Waals surface area contributed by atoms with Gasteiger partial charge < -0.3 is 15.5 Å². The van der Waals surface area contributed by atoms with Crippen molar-refractivity contribution in [3.05, 3.63) is 0 Å². The number of hydrogen-bond acceptors (Lipinski definition) is 2. The summed E-state index contributed by atoms with van der Waals surface area (Å²) >= 11 is 0. The molecule has 0 saturated heterocycles. The average Bonchev–Trinajstić information content (AvgIpc) is 2.25. The van der Waals surface area contributed by atoms with E-state index in [1.165, 1.54) is 0 Å². The molecular weight excluding hydrogens is 200 g/mol. The van der Waals surface area contributed by atoms with E-state index >= 15 is 0 Å². The van der Waals surface area contributed by atoms with Gasteiger partial charge in [0.05, 0.1) is 13.1 Å². The number of guanidine groups is 1. The molecule has 4 nitrogen and oxygen atoms in total. The summed E-state index contributed by atoms with van der Waals surface area (Å²) in [6.45, 7) is 9.45. The lowest BCUT2D eigenvalue weighted by Gasteiger charge is -2.19. The standard InChI is InChI=1S/C12H24N4/c1-6-8-14-12(13-7-2)15-9-10-16(5)11(3)4/h1,11H,7-10H2,2-5H3,(H2,13,14,15). The maximum absolute atomic E-state index is 5.19. The molecule has 0 bridgehead atoms. The van der Waals surface area contributed by atoms with Gasteiger partial charge in [0.15, 0.2) is 5.96 Å². The SMILES string of the molecule is C#CCNC(=NCCN(C)C(C)C)NCC. The fourth-order valence-electron chi connectivity index (χ4n) is 1.05. The molecule has 92 valence electrons. The van der Waals surface area contributed by atoms with Gasteiger partial charge in [0.1, 0.15) is 0 Å². The van der Waals surface area contributed by atoms with E-state index in [-0.39, 0.29) is 0 Å². The largest absolute Gasteiger partial charge is 0.357 e. The second kappa shape index (κ2) is 9.05. The van der Waals surface area contributed by atoms with Crippen LogP contribution in [0.4, 0.5) is 0 Å². The van der Waals surface area contributed by atoms with Crippen LogP contribution in [0.1, 0.15) is 20.8 Å². The van der Waals surface area contributed by atoms with Crippen molar-refractivity contribution >= 4 is 5.96 Å². The smallest absolute Gasteiger partial charge is 0.192 e. The maximum Gasteiger partial charge on any atom is 0.192 e. The fourth-order valence-corrected chi connectivity index (χ4v) is 1.05. The van der Waals surface area contributed by atoms with E-state index in [0.717, 1.165) is 25.6 Å². The first-order valence-corrected chi connectivity index (χ1v) is 5.77. The molecule has 0 heterocycles. The van der Waals surface area contributed by atoms with Crippen LogP contribution in [0.2, 0.25) is 0 Å². The minimum absolute atomic E-state index is 0.506. The minimum atomic E-state index is 0.506. The molecule has 0 aliphatic carbocycles. The predicted molar refractivity (Wildman–Crippen MR) is 70.6 cm³/mol. The van der Waals surface area contributed by atoms with Gasteiger partial charge in [0.2, 0.25) is 0 Å². The Morgan fingerprint density at radius 3 is 2.62 bits per heavy atom. The molecule has 2 N–H and O–H groups in total. The number of aliphatic imine (C=N–C) groups is 1. The van der Waals surface area contributed by atoms with Crippen LogP contribution in [0.25, 0.3) is 0 Å². The van der Waals surface area contributed by atoms with Crippen molar-refractivity contribution in [2.75, 3.05) is 33.2 Å². The lowest BCUT2D eigenvalue weighted by Crippen LogP contribution is -2.38. The van der Waals surface area contributed by atoms with Crippen molar-refractivity contribution in [2.24, 2.45) is 4.99 Å². The lowest BCUT2D eigenvalue weighted by atomic mass is 10.3. The number of likely N-dealkylation sites (N-methyl/N-ethyl adjacent to an activating group) is 1. The highest BCUT2D eigenvalue weighted by molar-refractivity contribution is 5.79. The summed E-state index contributed by atoms with van der Waals surface area (Å²) in [5.74, 6) is 3.32. The number of hydrogen-bond donors (Lipinski definition) is 2. The summed E-state index contributed by atoms with van der Waals surface area (Å²) in [5.41, 5.74) is 0. The molecule has 0 fully saturated rings. The van der Waals surface area contributed by atoms with Gasteiger partial charge in [-0.25, -0.2) is 0 Å². The van der Waals surface area contributed by atoms with E-state index in [0.29, 0.717) is 12.6 Å².